The summed E-state index contributed by atoms with van der Waals surface area (Å²) >= 11 is 0. The molecule has 32 heavy (non-hydrogen) atoms. The number of nitrogens with one attached hydrogen (secondary N) is 2. The van der Waals surface area contributed by atoms with Gasteiger partial charge in [-0.05, 0) is 36.8 Å². The van der Waals surface area contributed by atoms with Gasteiger partial charge in [-0.2, -0.15) is 13.2 Å². The Morgan fingerprint density at radius 3 is 2.75 bits per heavy atom. The van der Waals surface area contributed by atoms with Crippen LogP contribution in [0.2, 0.25) is 0 Å². The summed E-state index contributed by atoms with van der Waals surface area (Å²) in [5.41, 5.74) is 0.147. The van der Waals surface area contributed by atoms with Crippen molar-refractivity contribution in [2.24, 2.45) is 0 Å². The van der Waals surface area contributed by atoms with Crippen LogP contribution in [-0.4, -0.2) is 30.5 Å². The zero-order valence-electron chi connectivity index (χ0n) is 16.9. The number of halogens is 3. The van der Waals surface area contributed by atoms with E-state index >= 15 is 0 Å². The Balaban J connectivity index is 1.69. The smallest absolute Gasteiger partial charge is 0.338 e. The molecule has 11 heteroatoms. The first-order valence-corrected chi connectivity index (χ1v) is 9.76. The second-order valence-electron chi connectivity index (χ2n) is 6.88. The first-order valence-electron chi connectivity index (χ1n) is 9.76. The molecule has 0 aliphatic carbocycles. The molecule has 4 heterocycles. The van der Waals surface area contributed by atoms with Crippen molar-refractivity contribution in [2.45, 2.75) is 25.9 Å². The highest BCUT2D eigenvalue weighted by Gasteiger charge is 2.32. The summed E-state index contributed by atoms with van der Waals surface area (Å²) in [4.78, 5) is 24.0. The average molecular weight is 441 g/mol. The average Bonchev–Trinajstić information content (AvgIpc) is 3.23. The monoisotopic (exact) mass is 441 g/mol. The molecule has 2 N–H and O–H groups in total. The summed E-state index contributed by atoms with van der Waals surface area (Å²) < 4.78 is 40.7. The minimum absolute atomic E-state index is 0.0132. The van der Waals surface area contributed by atoms with E-state index in [0.29, 0.717) is 35.7 Å². The van der Waals surface area contributed by atoms with Crippen LogP contribution in [0, 0.1) is 0 Å². The van der Waals surface area contributed by atoms with Crippen LogP contribution < -0.4 is 10.6 Å². The predicted molar refractivity (Wildman–Crippen MR) is 112 cm³/mol. The fourth-order valence-corrected chi connectivity index (χ4v) is 3.00. The largest absolute Gasteiger partial charge is 0.433 e. The second-order valence-corrected chi connectivity index (χ2v) is 6.88. The topological polar surface area (TPSA) is 97.1 Å². The van der Waals surface area contributed by atoms with Crippen LogP contribution in [0.15, 0.2) is 54.9 Å². The maximum atomic E-state index is 13.1. The molecule has 0 spiro atoms. The van der Waals surface area contributed by atoms with Crippen molar-refractivity contribution in [1.29, 1.82) is 0 Å². The van der Waals surface area contributed by atoms with Gasteiger partial charge < -0.3 is 10.6 Å². The minimum Gasteiger partial charge on any atom is -0.338 e. The second kappa shape index (κ2) is 8.61. The van der Waals surface area contributed by atoms with E-state index in [-0.39, 0.29) is 17.4 Å². The summed E-state index contributed by atoms with van der Waals surface area (Å²) in [7, 11) is 0. The summed E-state index contributed by atoms with van der Waals surface area (Å²) in [6, 6.07) is 10.4. The van der Waals surface area contributed by atoms with E-state index in [2.05, 4.69) is 30.7 Å². The maximum absolute atomic E-state index is 13.1. The Labute approximate surface area is 180 Å². The fourth-order valence-electron chi connectivity index (χ4n) is 3.00. The van der Waals surface area contributed by atoms with E-state index in [4.69, 9.17) is 0 Å². The van der Waals surface area contributed by atoms with Crippen molar-refractivity contribution in [3.05, 3.63) is 60.6 Å². The third-order valence-electron chi connectivity index (χ3n) is 4.43. The maximum Gasteiger partial charge on any atom is 0.433 e. The summed E-state index contributed by atoms with van der Waals surface area (Å²) in [6.07, 6.45) is -0.311. The molecular weight excluding hydrogens is 423 g/mol. The summed E-state index contributed by atoms with van der Waals surface area (Å²) in [5.74, 6) is 0.601. The van der Waals surface area contributed by atoms with E-state index in [0.717, 1.165) is 6.07 Å². The molecule has 164 valence electrons. The molecule has 0 aliphatic heterocycles. The number of anilines is 3. The lowest BCUT2D eigenvalue weighted by molar-refractivity contribution is -0.141. The lowest BCUT2D eigenvalue weighted by atomic mass is 10.3. The zero-order valence-corrected chi connectivity index (χ0v) is 16.9. The van der Waals surface area contributed by atoms with Gasteiger partial charge >= 0.3 is 6.18 Å². The highest BCUT2D eigenvalue weighted by Crippen LogP contribution is 2.29. The quantitative estimate of drug-likeness (QED) is 0.451. The van der Waals surface area contributed by atoms with Crippen molar-refractivity contribution < 1.29 is 18.0 Å². The highest BCUT2D eigenvalue weighted by molar-refractivity contribution is 5.90. The molecule has 0 unspecified atom stereocenters. The minimum atomic E-state index is -4.58. The van der Waals surface area contributed by atoms with Gasteiger partial charge in [0, 0.05) is 30.6 Å². The Hall–Kier alpha value is -4.02. The van der Waals surface area contributed by atoms with Gasteiger partial charge in [0.1, 0.15) is 22.7 Å². The van der Waals surface area contributed by atoms with Crippen molar-refractivity contribution >= 4 is 28.7 Å². The van der Waals surface area contributed by atoms with Crippen LogP contribution in [0.25, 0.3) is 17.0 Å². The standard InChI is InChI=1S/C21H18F3N7O/c1-2-5-18(32)28-17-12-13(9-10-25-17)26-20-15-7-4-11-31(15)30-19(29-20)14-6-3-8-16(27-14)21(22,23)24/h3-4,6-12H,2,5H2,1H3,(H2,25,26,28,29,30,32). The van der Waals surface area contributed by atoms with E-state index < -0.39 is 11.9 Å². The lowest BCUT2D eigenvalue weighted by Gasteiger charge is -2.11. The molecular formula is C21H18F3N7O. The SMILES string of the molecule is CCCC(=O)Nc1cc(Nc2nc(-c3cccc(C(F)(F)F)n3)nn3cccc23)ccn1. The van der Waals surface area contributed by atoms with Crippen molar-refractivity contribution in [3.8, 4) is 11.5 Å². The number of aromatic nitrogens is 5. The normalized spacial score (nSPS) is 11.5. The first-order chi connectivity index (χ1) is 15.3. The van der Waals surface area contributed by atoms with Gasteiger partial charge in [-0.15, -0.1) is 5.10 Å². The van der Waals surface area contributed by atoms with Gasteiger partial charge in [0.15, 0.2) is 5.82 Å². The number of alkyl halides is 3. The van der Waals surface area contributed by atoms with Gasteiger partial charge in [0.25, 0.3) is 0 Å². The van der Waals surface area contributed by atoms with Gasteiger partial charge in [-0.1, -0.05) is 13.0 Å². The Bertz CT molecular complexity index is 1270. The van der Waals surface area contributed by atoms with E-state index in [1.165, 1.54) is 22.8 Å². The van der Waals surface area contributed by atoms with Crippen molar-refractivity contribution in [1.82, 2.24) is 24.6 Å². The van der Waals surface area contributed by atoms with Gasteiger partial charge in [0.05, 0.1) is 0 Å². The Kier molecular flexibility index (Phi) is 5.71. The molecule has 0 bridgehead atoms. The zero-order chi connectivity index (χ0) is 22.7. The summed E-state index contributed by atoms with van der Waals surface area (Å²) in [5, 5.41) is 10.1. The van der Waals surface area contributed by atoms with E-state index in [1.54, 1.807) is 30.5 Å². The van der Waals surface area contributed by atoms with Crippen LogP contribution in [-0.2, 0) is 11.0 Å². The first kappa shape index (κ1) is 21.2. The van der Waals surface area contributed by atoms with Crippen LogP contribution in [0.5, 0.6) is 0 Å². The van der Waals surface area contributed by atoms with E-state index in [1.807, 2.05) is 6.92 Å². The molecule has 0 fully saturated rings. The van der Waals surface area contributed by atoms with Crippen molar-refractivity contribution in [2.75, 3.05) is 10.6 Å². The molecule has 0 saturated heterocycles. The number of fused-ring (bicyclic) bond motifs is 1. The molecule has 4 aromatic heterocycles. The van der Waals surface area contributed by atoms with Gasteiger partial charge in [-0.3, -0.25) is 4.79 Å². The third kappa shape index (κ3) is 4.66. The number of pyridine rings is 2. The molecule has 0 atom stereocenters. The Morgan fingerprint density at radius 1 is 1.12 bits per heavy atom. The number of rotatable bonds is 6. The third-order valence-corrected chi connectivity index (χ3v) is 4.43. The van der Waals surface area contributed by atoms with Crippen LogP contribution >= 0.6 is 0 Å². The number of carbonyl (C=O) groups excluding carboxylic acids is 1. The van der Waals surface area contributed by atoms with Crippen molar-refractivity contribution in [3.63, 3.8) is 0 Å². The number of hydrogen-bond donors (Lipinski definition) is 2. The van der Waals surface area contributed by atoms with Gasteiger partial charge in [-0.25, -0.2) is 19.5 Å². The molecule has 8 nitrogen and oxygen atoms in total. The Morgan fingerprint density at radius 2 is 1.97 bits per heavy atom. The van der Waals surface area contributed by atoms with Crippen LogP contribution in [0.4, 0.5) is 30.5 Å². The van der Waals surface area contributed by atoms with Gasteiger partial charge in [0.2, 0.25) is 11.7 Å². The molecule has 0 aromatic carbocycles. The highest BCUT2D eigenvalue weighted by atomic mass is 19.4. The molecule has 0 saturated carbocycles. The molecule has 4 rings (SSSR count). The van der Waals surface area contributed by atoms with Crippen LogP contribution in [0.3, 0.4) is 0 Å². The molecule has 0 radical (unpaired) electrons. The number of carbonyl (C=O) groups is 1. The predicted octanol–water partition coefficient (Wildman–Crippen LogP) is 4.69. The van der Waals surface area contributed by atoms with Crippen LogP contribution in [0.1, 0.15) is 25.5 Å². The number of hydrogen-bond acceptors (Lipinski definition) is 6. The lowest BCUT2D eigenvalue weighted by Crippen LogP contribution is -2.12. The fraction of sp³-hybridized carbons (Fsp3) is 0.190. The number of nitrogens with zero attached hydrogens (tertiary/aromatic N) is 5. The molecule has 0 aliphatic rings. The number of amides is 1. The van der Waals surface area contributed by atoms with E-state index in [9.17, 15) is 18.0 Å². The summed E-state index contributed by atoms with van der Waals surface area (Å²) in [6.45, 7) is 1.90. The molecule has 4 aromatic rings. The molecule has 1 amide bonds.